The molecule has 4 rings (SSSR count). The van der Waals surface area contributed by atoms with Crippen LogP contribution in [-0.2, 0) is 0 Å². The molecule has 1 fully saturated rings. The first kappa shape index (κ1) is 13.8. The molecule has 0 aliphatic carbocycles. The van der Waals surface area contributed by atoms with Crippen molar-refractivity contribution < 1.29 is 0 Å². The molecule has 114 valence electrons. The van der Waals surface area contributed by atoms with Crippen molar-refractivity contribution in [1.29, 1.82) is 0 Å². The largest absolute Gasteiger partial charge is 0.353 e. The molecule has 2 aliphatic rings. The lowest BCUT2D eigenvalue weighted by atomic mass is 10.2. The third-order valence-corrected chi connectivity index (χ3v) is 5.04. The number of fused-ring (bicyclic) bond motifs is 2. The van der Waals surface area contributed by atoms with Gasteiger partial charge >= 0.3 is 0 Å². The minimum absolute atomic E-state index is 0.950. The third-order valence-electron chi connectivity index (χ3n) is 4.30. The lowest BCUT2D eigenvalue weighted by Crippen LogP contribution is -2.46. The molecule has 1 N–H and O–H groups in total. The van der Waals surface area contributed by atoms with E-state index in [0.29, 0.717) is 0 Å². The minimum atomic E-state index is 0.950. The summed E-state index contributed by atoms with van der Waals surface area (Å²) in [7, 11) is 0. The lowest BCUT2D eigenvalue weighted by molar-refractivity contribution is 0.358. The number of hydrogen-bond donors (Lipinski definition) is 1. The van der Waals surface area contributed by atoms with Crippen molar-refractivity contribution in [3.8, 4) is 0 Å². The molecule has 4 nitrogen and oxygen atoms in total. The Morgan fingerprint density at radius 3 is 2.77 bits per heavy atom. The molecule has 22 heavy (non-hydrogen) atoms. The van der Waals surface area contributed by atoms with Gasteiger partial charge in [-0.2, -0.15) is 0 Å². The first-order chi connectivity index (χ1) is 10.9. The highest BCUT2D eigenvalue weighted by atomic mass is 32.1. The molecule has 1 aromatic carbocycles. The van der Waals surface area contributed by atoms with Crippen LogP contribution in [0.3, 0.4) is 0 Å². The molecule has 5 heteroatoms. The Morgan fingerprint density at radius 1 is 1.14 bits per heavy atom. The van der Waals surface area contributed by atoms with Gasteiger partial charge in [0.25, 0.3) is 0 Å². The predicted molar refractivity (Wildman–Crippen MR) is 94.1 cm³/mol. The number of rotatable bonds is 1. The summed E-state index contributed by atoms with van der Waals surface area (Å²) >= 11 is 1.76. The Labute approximate surface area is 135 Å². The SMILES string of the molecule is CCN1c2ccccc2N=C(N2CCNCC2)c2cscc21. The summed E-state index contributed by atoms with van der Waals surface area (Å²) < 4.78 is 0. The van der Waals surface area contributed by atoms with Crippen LogP contribution in [0, 0.1) is 0 Å². The van der Waals surface area contributed by atoms with Crippen molar-refractivity contribution in [2.24, 2.45) is 4.99 Å². The second kappa shape index (κ2) is 5.74. The molecule has 1 saturated heterocycles. The molecule has 0 amide bonds. The van der Waals surface area contributed by atoms with Gasteiger partial charge in [0, 0.05) is 43.5 Å². The number of aliphatic imine (C=N–C) groups is 1. The quantitative estimate of drug-likeness (QED) is 0.877. The van der Waals surface area contributed by atoms with Crippen LogP contribution < -0.4 is 10.2 Å². The first-order valence-electron chi connectivity index (χ1n) is 7.86. The second-order valence-electron chi connectivity index (χ2n) is 5.58. The fourth-order valence-electron chi connectivity index (χ4n) is 3.22. The van der Waals surface area contributed by atoms with Crippen LogP contribution in [0.25, 0.3) is 0 Å². The van der Waals surface area contributed by atoms with Gasteiger partial charge in [-0.05, 0) is 19.1 Å². The standard InChI is InChI=1S/C17H20N4S/c1-2-21-15-6-4-3-5-14(15)19-17(13-11-22-12-16(13)21)20-9-7-18-8-10-20/h3-6,11-12,18H,2,7-10H2,1H3. The van der Waals surface area contributed by atoms with Crippen LogP contribution in [-0.4, -0.2) is 43.5 Å². The Hall–Kier alpha value is -1.85. The summed E-state index contributed by atoms with van der Waals surface area (Å²) in [4.78, 5) is 9.84. The smallest absolute Gasteiger partial charge is 0.139 e. The minimum Gasteiger partial charge on any atom is -0.353 e. The average Bonchev–Trinajstić information content (AvgIpc) is 3.00. The topological polar surface area (TPSA) is 30.9 Å². The normalized spacial score (nSPS) is 17.6. The average molecular weight is 312 g/mol. The number of para-hydroxylation sites is 2. The zero-order chi connectivity index (χ0) is 14.9. The molecule has 0 bridgehead atoms. The van der Waals surface area contributed by atoms with Crippen LogP contribution in [0.2, 0.25) is 0 Å². The molecular formula is C17H20N4S. The van der Waals surface area contributed by atoms with E-state index in [1.54, 1.807) is 11.3 Å². The fraction of sp³-hybridized carbons (Fsp3) is 0.353. The van der Waals surface area contributed by atoms with Gasteiger partial charge in [0.15, 0.2) is 0 Å². The number of amidine groups is 1. The van der Waals surface area contributed by atoms with Gasteiger partial charge in [-0.15, -0.1) is 11.3 Å². The van der Waals surface area contributed by atoms with Gasteiger partial charge in [0.2, 0.25) is 0 Å². The molecule has 3 heterocycles. The van der Waals surface area contributed by atoms with Gasteiger partial charge in [0.1, 0.15) is 5.84 Å². The van der Waals surface area contributed by atoms with Crippen molar-refractivity contribution in [3.63, 3.8) is 0 Å². The second-order valence-corrected chi connectivity index (χ2v) is 6.32. The molecule has 2 aromatic rings. The van der Waals surface area contributed by atoms with Crippen molar-refractivity contribution in [1.82, 2.24) is 10.2 Å². The maximum absolute atomic E-state index is 5.05. The van der Waals surface area contributed by atoms with Crippen molar-refractivity contribution in [2.45, 2.75) is 6.92 Å². The monoisotopic (exact) mass is 312 g/mol. The Balaban J connectivity index is 1.88. The number of hydrogen-bond acceptors (Lipinski definition) is 5. The van der Waals surface area contributed by atoms with E-state index in [-0.39, 0.29) is 0 Å². The van der Waals surface area contributed by atoms with Crippen LogP contribution in [0.15, 0.2) is 40.0 Å². The molecule has 0 unspecified atom stereocenters. The number of nitrogens with zero attached hydrogens (tertiary/aromatic N) is 3. The molecule has 0 saturated carbocycles. The molecular weight excluding hydrogens is 292 g/mol. The van der Waals surface area contributed by atoms with Crippen LogP contribution >= 0.6 is 11.3 Å². The molecule has 1 aromatic heterocycles. The van der Waals surface area contributed by atoms with Crippen molar-refractivity contribution in [3.05, 3.63) is 40.6 Å². The van der Waals surface area contributed by atoms with E-state index in [1.807, 2.05) is 0 Å². The maximum Gasteiger partial charge on any atom is 0.139 e. The fourth-order valence-corrected chi connectivity index (χ4v) is 4.03. The van der Waals surface area contributed by atoms with Crippen LogP contribution in [0.4, 0.5) is 17.1 Å². The molecule has 2 aliphatic heterocycles. The summed E-state index contributed by atoms with van der Waals surface area (Å²) in [6.45, 7) is 7.24. The maximum atomic E-state index is 5.05. The van der Waals surface area contributed by atoms with E-state index in [2.05, 4.69) is 57.1 Å². The number of anilines is 2. The van der Waals surface area contributed by atoms with Gasteiger partial charge < -0.3 is 15.1 Å². The highest BCUT2D eigenvalue weighted by Crippen LogP contribution is 2.41. The van der Waals surface area contributed by atoms with E-state index in [0.717, 1.165) is 44.2 Å². The highest BCUT2D eigenvalue weighted by Gasteiger charge is 2.26. The zero-order valence-electron chi connectivity index (χ0n) is 12.7. The Bertz CT molecular complexity index is 700. The predicted octanol–water partition coefficient (Wildman–Crippen LogP) is 3.20. The zero-order valence-corrected chi connectivity index (χ0v) is 13.6. The third kappa shape index (κ3) is 2.21. The molecule has 0 atom stereocenters. The first-order valence-corrected chi connectivity index (χ1v) is 8.80. The van der Waals surface area contributed by atoms with E-state index in [9.17, 15) is 0 Å². The van der Waals surface area contributed by atoms with Gasteiger partial charge in [0.05, 0.1) is 22.6 Å². The molecule has 0 spiro atoms. The Morgan fingerprint density at radius 2 is 1.95 bits per heavy atom. The van der Waals surface area contributed by atoms with Gasteiger partial charge in [-0.3, -0.25) is 0 Å². The highest BCUT2D eigenvalue weighted by molar-refractivity contribution is 7.08. The van der Waals surface area contributed by atoms with Crippen LogP contribution in [0.1, 0.15) is 12.5 Å². The summed E-state index contributed by atoms with van der Waals surface area (Å²) in [6, 6.07) is 8.46. The molecule has 0 radical (unpaired) electrons. The number of benzene rings is 1. The van der Waals surface area contributed by atoms with Crippen molar-refractivity contribution in [2.75, 3.05) is 37.6 Å². The van der Waals surface area contributed by atoms with E-state index in [4.69, 9.17) is 4.99 Å². The van der Waals surface area contributed by atoms with Crippen molar-refractivity contribution >= 4 is 34.2 Å². The van der Waals surface area contributed by atoms with E-state index < -0.39 is 0 Å². The number of nitrogens with one attached hydrogen (secondary N) is 1. The van der Waals surface area contributed by atoms with Gasteiger partial charge in [-0.1, -0.05) is 12.1 Å². The summed E-state index contributed by atoms with van der Waals surface area (Å²) in [5, 5.41) is 7.91. The lowest BCUT2D eigenvalue weighted by Gasteiger charge is -2.30. The summed E-state index contributed by atoms with van der Waals surface area (Å²) in [5.74, 6) is 1.13. The number of thiophene rings is 1. The Kier molecular flexibility index (Phi) is 3.60. The van der Waals surface area contributed by atoms with E-state index in [1.165, 1.54) is 16.9 Å². The summed E-state index contributed by atoms with van der Waals surface area (Å²) in [5.41, 5.74) is 4.83. The van der Waals surface area contributed by atoms with Gasteiger partial charge in [-0.25, -0.2) is 4.99 Å². The van der Waals surface area contributed by atoms with E-state index >= 15 is 0 Å². The van der Waals surface area contributed by atoms with Crippen LogP contribution in [0.5, 0.6) is 0 Å². The number of piperazine rings is 1. The summed E-state index contributed by atoms with van der Waals surface area (Å²) in [6.07, 6.45) is 0.